The molecule has 454 valence electrons. The molecule has 0 unspecified atom stereocenters. The third-order valence-electron chi connectivity index (χ3n) is 20.8. The summed E-state index contributed by atoms with van der Waals surface area (Å²) in [5.41, 5.74) is 18.1. The van der Waals surface area contributed by atoms with Gasteiger partial charge in [-0.05, 0) is 187 Å². The summed E-state index contributed by atoms with van der Waals surface area (Å²) in [4.78, 5) is 34.7. The molecule has 2 amide bonds. The molecule has 0 saturated heterocycles. The topological polar surface area (TPSA) is 45.6 Å². The predicted octanol–water partition coefficient (Wildman–Crippen LogP) is 24.2. The average molecular weight is 1200 g/mol. The summed E-state index contributed by atoms with van der Waals surface area (Å²) in [5.74, 6) is -0.323. The zero-order valence-corrected chi connectivity index (χ0v) is 55.1. The van der Waals surface area contributed by atoms with E-state index in [1.54, 1.807) is 0 Å². The number of hydrogen-bond donors (Lipinski definition) is 0. The van der Waals surface area contributed by atoms with E-state index in [0.29, 0.717) is 11.1 Å². The van der Waals surface area contributed by atoms with E-state index in [9.17, 15) is 0 Å². The first-order valence-corrected chi connectivity index (χ1v) is 33.6. The zero-order chi connectivity index (χ0) is 63.5. The summed E-state index contributed by atoms with van der Waals surface area (Å²) in [6.45, 7) is 30.1. The number of aromatic nitrogens is 1. The smallest absolute Gasteiger partial charge is 0.266 e. The molecule has 0 saturated carbocycles. The minimum atomic E-state index is -0.266. The molecule has 13 aromatic rings. The highest BCUT2D eigenvalue weighted by atomic mass is 16.2. The van der Waals surface area contributed by atoms with Gasteiger partial charge in [-0.1, -0.05) is 242 Å². The quantitative estimate of drug-likeness (QED) is 0.0561. The van der Waals surface area contributed by atoms with E-state index >= 15 is 9.59 Å². The first-order chi connectivity index (χ1) is 44.3. The molecule has 1 aliphatic heterocycles. The van der Waals surface area contributed by atoms with Gasteiger partial charge in [-0.2, -0.15) is 0 Å². The average Bonchev–Trinajstić information content (AvgIpc) is 1.13. The first-order valence-electron chi connectivity index (χ1n) is 33.6. The molecule has 2 heterocycles. The van der Waals surface area contributed by atoms with Crippen LogP contribution in [0.25, 0.3) is 109 Å². The van der Waals surface area contributed by atoms with Crippen LogP contribution in [-0.4, -0.2) is 16.4 Å². The van der Waals surface area contributed by atoms with Crippen molar-refractivity contribution in [3.05, 3.63) is 238 Å². The number of allylic oxidation sites excluding steroid dienone is 7. The van der Waals surface area contributed by atoms with Crippen LogP contribution in [0, 0.1) is 5.41 Å². The molecular weight excluding hydrogens is 1120 g/mol. The third kappa shape index (κ3) is 8.70. The van der Waals surface area contributed by atoms with Crippen molar-refractivity contribution in [1.82, 2.24) is 4.57 Å². The van der Waals surface area contributed by atoms with Crippen LogP contribution in [0.5, 0.6) is 0 Å². The van der Waals surface area contributed by atoms with Crippen molar-refractivity contribution >= 4 is 144 Å². The summed E-state index contributed by atoms with van der Waals surface area (Å²) >= 11 is 0. The van der Waals surface area contributed by atoms with Gasteiger partial charge in [-0.15, -0.1) is 0 Å². The van der Waals surface area contributed by atoms with Gasteiger partial charge in [0, 0.05) is 50.5 Å². The molecule has 0 atom stereocenters. The van der Waals surface area contributed by atoms with Gasteiger partial charge in [0.15, 0.2) is 0 Å². The van der Waals surface area contributed by atoms with E-state index in [-0.39, 0.29) is 34.5 Å². The number of hydrogen-bond acceptors (Lipinski definition) is 3. The van der Waals surface area contributed by atoms with Crippen LogP contribution in [-0.2, 0) is 18.4 Å². The molecule has 2 aliphatic carbocycles. The maximum Gasteiger partial charge on any atom is 0.266 e. The fourth-order valence-corrected chi connectivity index (χ4v) is 16.1. The van der Waals surface area contributed by atoms with Gasteiger partial charge in [-0.3, -0.25) is 9.59 Å². The monoisotopic (exact) mass is 1200 g/mol. The summed E-state index contributed by atoms with van der Waals surface area (Å²) < 4.78 is 2.62. The van der Waals surface area contributed by atoms with Crippen LogP contribution >= 0.6 is 0 Å². The number of benzene rings is 12. The van der Waals surface area contributed by atoms with E-state index in [2.05, 4.69) is 262 Å². The molecule has 0 radical (unpaired) electrons. The van der Waals surface area contributed by atoms with Gasteiger partial charge < -0.3 is 9.47 Å². The number of carbonyl (C=O) groups excluding carboxylic acids is 2. The van der Waals surface area contributed by atoms with Crippen LogP contribution in [0.4, 0.5) is 22.7 Å². The Morgan fingerprint density at radius 2 is 1.15 bits per heavy atom. The Labute approximate surface area is 540 Å². The van der Waals surface area contributed by atoms with Crippen LogP contribution in [0.3, 0.4) is 0 Å². The summed E-state index contributed by atoms with van der Waals surface area (Å²) in [5, 5.41) is 18.5. The molecule has 0 N–H and O–H groups in total. The lowest BCUT2D eigenvalue weighted by Crippen LogP contribution is -2.41. The number of amides is 2. The predicted molar refractivity (Wildman–Crippen MR) is 394 cm³/mol. The van der Waals surface area contributed by atoms with Gasteiger partial charge in [0.1, 0.15) is 0 Å². The minimum absolute atomic E-state index is 0.00287. The second-order valence-corrected chi connectivity index (χ2v) is 29.4. The second kappa shape index (κ2) is 21.0. The standard InChI is InChI=1S/C87H79N3O2/c1-13-14-15-16-41-88-75-47-59(31-34-67(75)80-68-22-18-21-63-64-35-37-69-82-70(38-36-65(81(64)82)72(79(63)68)48-76(80)88)85(92)90(84(69)91)83-60(49(2)3)19-17-20-61(83)50(4)5)89(73-39-29-53-25-24-52-43-57(86(7,8)9)42-51(6)23-32-62(73)71(53)44-52)74-40-30-54-26-27-55-45-58(87(10,11)12)46-56-28-33-66(74)78(54)77(55)56/h17-40,42-43,45-50H,6,13-16,41,44H2,1-5,7-12H3/b32-23-,52-43-,57-42+. The molecule has 2 bridgehead atoms. The van der Waals surface area contributed by atoms with Crippen LogP contribution in [0.1, 0.15) is 168 Å². The van der Waals surface area contributed by atoms with Crippen molar-refractivity contribution in [2.24, 2.45) is 5.41 Å². The number of imide groups is 1. The summed E-state index contributed by atoms with van der Waals surface area (Å²) in [7, 11) is 0. The summed E-state index contributed by atoms with van der Waals surface area (Å²) in [6, 6.07) is 54.6. The van der Waals surface area contributed by atoms with E-state index in [1.807, 2.05) is 12.1 Å². The van der Waals surface area contributed by atoms with Gasteiger partial charge >= 0.3 is 0 Å². The number of rotatable bonds is 11. The molecule has 12 aromatic carbocycles. The molecule has 16 rings (SSSR count). The van der Waals surface area contributed by atoms with Gasteiger partial charge in [0.05, 0.1) is 28.1 Å². The lowest BCUT2D eigenvalue weighted by atomic mass is 9.81. The molecule has 0 fully saturated rings. The van der Waals surface area contributed by atoms with Crippen molar-refractivity contribution in [2.45, 2.75) is 132 Å². The fraction of sp³-hybridized carbons (Fsp3) is 0.241. The highest BCUT2D eigenvalue weighted by molar-refractivity contribution is 6.44. The van der Waals surface area contributed by atoms with Crippen molar-refractivity contribution in [3.63, 3.8) is 0 Å². The van der Waals surface area contributed by atoms with Crippen molar-refractivity contribution in [2.75, 3.05) is 9.80 Å². The number of aryl methyl sites for hydroxylation is 1. The Morgan fingerprint density at radius 1 is 0.511 bits per heavy atom. The fourth-order valence-electron chi connectivity index (χ4n) is 16.1. The molecular formula is C87H79N3O2. The third-order valence-corrected chi connectivity index (χ3v) is 20.8. The van der Waals surface area contributed by atoms with Crippen molar-refractivity contribution in [1.29, 1.82) is 0 Å². The van der Waals surface area contributed by atoms with Gasteiger partial charge in [0.2, 0.25) is 0 Å². The largest absolute Gasteiger partial charge is 0.340 e. The highest BCUT2D eigenvalue weighted by Gasteiger charge is 2.39. The van der Waals surface area contributed by atoms with Gasteiger partial charge in [-0.25, -0.2) is 4.90 Å². The van der Waals surface area contributed by atoms with Crippen molar-refractivity contribution < 1.29 is 9.59 Å². The molecule has 3 aliphatic rings. The molecule has 0 spiro atoms. The van der Waals surface area contributed by atoms with Crippen LogP contribution in [0.15, 0.2) is 193 Å². The minimum Gasteiger partial charge on any atom is -0.340 e. The number of fused-ring (bicyclic) bond motifs is 7. The summed E-state index contributed by atoms with van der Waals surface area (Å²) in [6.07, 6.45) is 19.1. The number of nitrogens with zero attached hydrogens (tertiary/aromatic N) is 3. The highest BCUT2D eigenvalue weighted by Crippen LogP contribution is 2.52. The Kier molecular flexibility index (Phi) is 13.1. The Bertz CT molecular complexity index is 5440. The molecule has 5 nitrogen and oxygen atoms in total. The number of anilines is 4. The van der Waals surface area contributed by atoms with Gasteiger partial charge in [0.25, 0.3) is 11.8 Å². The Hall–Kier alpha value is -9.58. The SMILES string of the molecule is C=C1/C=C\c2c(N(c3ccc4c5c6cccc7c8ccc9c%10c(ccc(c(cc5n(CCCCCC)c4c3)c76)c%108)C(=O)N(c3c(C(C)C)cccc3C(C)C)C9=O)c3ccc4ccc5cc(C(C)(C)C)cc6ccc3c4c56)ccc3c2C/C(=C\C(C(C)(C)C)=C/1)C=C3. The van der Waals surface area contributed by atoms with Crippen molar-refractivity contribution in [3.8, 4) is 0 Å². The normalized spacial score (nSPS) is 16.2. The van der Waals surface area contributed by atoms with E-state index in [4.69, 9.17) is 0 Å². The molecule has 92 heavy (non-hydrogen) atoms. The van der Waals surface area contributed by atoms with E-state index < -0.39 is 0 Å². The second-order valence-electron chi connectivity index (χ2n) is 29.4. The number of carbonyl (C=O) groups is 2. The number of para-hydroxylation sites is 1. The molecule has 1 aromatic heterocycles. The number of unbranched alkanes of at least 4 members (excludes halogenated alkanes) is 3. The van der Waals surface area contributed by atoms with E-state index in [1.165, 1.54) is 110 Å². The first kappa shape index (κ1) is 57.6. The maximum atomic E-state index is 15.3. The van der Waals surface area contributed by atoms with Crippen LogP contribution in [0.2, 0.25) is 0 Å². The lowest BCUT2D eigenvalue weighted by molar-refractivity contribution is 0.0892. The maximum absolute atomic E-state index is 15.3. The molecule has 5 heteroatoms. The van der Waals surface area contributed by atoms with Crippen LogP contribution < -0.4 is 9.80 Å². The van der Waals surface area contributed by atoms with E-state index in [0.717, 1.165) is 104 Å². The Morgan fingerprint density at radius 3 is 1.86 bits per heavy atom. The Balaban J connectivity index is 0.952. The lowest BCUT2D eigenvalue weighted by Gasteiger charge is -2.32. The zero-order valence-electron chi connectivity index (χ0n) is 55.1.